The average Bonchev–Trinajstić information content (AvgIpc) is 2.49. The summed E-state index contributed by atoms with van der Waals surface area (Å²) in [5.41, 5.74) is 0.971. The van der Waals surface area contributed by atoms with Crippen molar-refractivity contribution in [2.24, 2.45) is 0 Å². The predicted molar refractivity (Wildman–Crippen MR) is 89.0 cm³/mol. The van der Waals surface area contributed by atoms with E-state index in [2.05, 4.69) is 15.6 Å². The van der Waals surface area contributed by atoms with Crippen LogP contribution in [0.15, 0.2) is 36.5 Å². The second-order valence-electron chi connectivity index (χ2n) is 4.44. The number of pyridine rings is 1. The van der Waals surface area contributed by atoms with E-state index in [4.69, 9.17) is 27.9 Å². The standard InChI is InChI=1S/C15H15Cl2N3O2/c1-22-6-5-18-14-13(17)7-10(9-19-14)15(21)20-12-4-2-3-11(16)8-12/h2-4,7-9H,5-6H2,1H3,(H,18,19)(H,20,21). The van der Waals surface area contributed by atoms with E-state index in [1.807, 2.05) is 0 Å². The molecule has 0 unspecified atom stereocenters. The lowest BCUT2D eigenvalue weighted by Crippen LogP contribution is -2.14. The van der Waals surface area contributed by atoms with E-state index in [-0.39, 0.29) is 5.91 Å². The van der Waals surface area contributed by atoms with Gasteiger partial charge in [0.1, 0.15) is 5.82 Å². The van der Waals surface area contributed by atoms with Gasteiger partial charge >= 0.3 is 0 Å². The van der Waals surface area contributed by atoms with Crippen LogP contribution in [0.4, 0.5) is 11.5 Å². The maximum Gasteiger partial charge on any atom is 0.257 e. The highest BCUT2D eigenvalue weighted by molar-refractivity contribution is 6.33. The number of rotatable bonds is 6. The lowest BCUT2D eigenvalue weighted by Gasteiger charge is -2.09. The summed E-state index contributed by atoms with van der Waals surface area (Å²) in [5, 5.41) is 6.67. The van der Waals surface area contributed by atoms with Crippen molar-refractivity contribution >= 4 is 40.6 Å². The van der Waals surface area contributed by atoms with E-state index in [9.17, 15) is 4.79 Å². The number of aromatic nitrogens is 1. The number of hydrogen-bond acceptors (Lipinski definition) is 4. The number of methoxy groups -OCH3 is 1. The molecule has 1 heterocycles. The van der Waals surface area contributed by atoms with Crippen molar-refractivity contribution in [3.05, 3.63) is 52.1 Å². The number of ether oxygens (including phenoxy) is 1. The maximum atomic E-state index is 12.2. The first-order valence-corrected chi connectivity index (χ1v) is 7.31. The molecule has 7 heteroatoms. The number of hydrogen-bond donors (Lipinski definition) is 2. The first-order chi connectivity index (χ1) is 10.6. The van der Waals surface area contributed by atoms with Crippen LogP contribution in [0, 0.1) is 0 Å². The summed E-state index contributed by atoms with van der Waals surface area (Å²) >= 11 is 12.0. The third-order valence-corrected chi connectivity index (χ3v) is 3.31. The van der Waals surface area contributed by atoms with Crippen LogP contribution in [0.2, 0.25) is 10.0 Å². The Kier molecular flexibility index (Phi) is 6.00. The van der Waals surface area contributed by atoms with Crippen molar-refractivity contribution in [2.75, 3.05) is 30.9 Å². The highest BCUT2D eigenvalue weighted by Gasteiger charge is 2.10. The van der Waals surface area contributed by atoms with Gasteiger partial charge in [0.2, 0.25) is 0 Å². The summed E-state index contributed by atoms with van der Waals surface area (Å²) in [6, 6.07) is 8.46. The fourth-order valence-electron chi connectivity index (χ4n) is 1.73. The number of nitrogens with zero attached hydrogens (tertiary/aromatic N) is 1. The molecule has 1 aromatic carbocycles. The lowest BCUT2D eigenvalue weighted by atomic mass is 10.2. The third-order valence-electron chi connectivity index (χ3n) is 2.78. The number of anilines is 2. The van der Waals surface area contributed by atoms with Crippen molar-refractivity contribution in [3.8, 4) is 0 Å². The molecule has 1 amide bonds. The van der Waals surface area contributed by atoms with Gasteiger partial charge in [0.25, 0.3) is 5.91 Å². The molecular formula is C15H15Cl2N3O2. The highest BCUT2D eigenvalue weighted by Crippen LogP contribution is 2.21. The zero-order valence-electron chi connectivity index (χ0n) is 11.9. The molecule has 22 heavy (non-hydrogen) atoms. The van der Waals surface area contributed by atoms with E-state index in [0.29, 0.717) is 40.3 Å². The largest absolute Gasteiger partial charge is 0.383 e. The van der Waals surface area contributed by atoms with E-state index < -0.39 is 0 Å². The third kappa shape index (κ3) is 4.59. The molecule has 2 aromatic rings. The van der Waals surface area contributed by atoms with Crippen LogP contribution in [0.5, 0.6) is 0 Å². The summed E-state index contributed by atoms with van der Waals surface area (Å²) in [7, 11) is 1.61. The van der Waals surface area contributed by atoms with Crippen LogP contribution >= 0.6 is 23.2 Å². The molecule has 2 rings (SSSR count). The second kappa shape index (κ2) is 7.98. The zero-order chi connectivity index (χ0) is 15.9. The molecule has 0 fully saturated rings. The highest BCUT2D eigenvalue weighted by atomic mass is 35.5. The number of nitrogens with one attached hydrogen (secondary N) is 2. The quantitative estimate of drug-likeness (QED) is 0.787. The van der Waals surface area contributed by atoms with E-state index in [1.165, 1.54) is 6.20 Å². The van der Waals surface area contributed by atoms with Crippen LogP contribution in [-0.2, 0) is 4.74 Å². The minimum atomic E-state index is -0.305. The van der Waals surface area contributed by atoms with Crippen LogP contribution in [0.1, 0.15) is 10.4 Å². The van der Waals surface area contributed by atoms with E-state index in [0.717, 1.165) is 0 Å². The Morgan fingerprint density at radius 3 is 2.82 bits per heavy atom. The Balaban J connectivity index is 2.05. The van der Waals surface area contributed by atoms with Gasteiger partial charge in [-0.3, -0.25) is 4.79 Å². The molecule has 1 aromatic heterocycles. The topological polar surface area (TPSA) is 63.2 Å². The van der Waals surface area contributed by atoms with Gasteiger partial charge in [-0.25, -0.2) is 4.98 Å². The van der Waals surface area contributed by atoms with E-state index in [1.54, 1.807) is 37.4 Å². The first-order valence-electron chi connectivity index (χ1n) is 6.55. The Morgan fingerprint density at radius 1 is 1.32 bits per heavy atom. The van der Waals surface area contributed by atoms with Crippen molar-refractivity contribution in [1.29, 1.82) is 0 Å². The summed E-state index contributed by atoms with van der Waals surface area (Å²) in [6.45, 7) is 1.12. The van der Waals surface area contributed by atoms with Crippen LogP contribution < -0.4 is 10.6 Å². The average molecular weight is 340 g/mol. The smallest absolute Gasteiger partial charge is 0.257 e. The number of benzene rings is 1. The molecule has 116 valence electrons. The fraction of sp³-hybridized carbons (Fsp3) is 0.200. The number of carbonyl (C=O) groups is 1. The Labute approximate surface area is 138 Å². The summed E-state index contributed by atoms with van der Waals surface area (Å²) in [5.74, 6) is 0.207. The molecule has 0 aliphatic rings. The Bertz CT molecular complexity index is 665. The minimum Gasteiger partial charge on any atom is -0.383 e. The van der Waals surface area contributed by atoms with Crippen molar-refractivity contribution in [1.82, 2.24) is 4.98 Å². The predicted octanol–water partition coefficient (Wildman–Crippen LogP) is 3.70. The number of halogens is 2. The van der Waals surface area contributed by atoms with Gasteiger partial charge in [-0.15, -0.1) is 0 Å². The molecular weight excluding hydrogens is 325 g/mol. The van der Waals surface area contributed by atoms with Gasteiger partial charge in [-0.2, -0.15) is 0 Å². The normalized spacial score (nSPS) is 10.3. The monoisotopic (exact) mass is 339 g/mol. The fourth-order valence-corrected chi connectivity index (χ4v) is 2.16. The molecule has 0 aliphatic heterocycles. The summed E-state index contributed by atoms with van der Waals surface area (Å²) in [6.07, 6.45) is 1.46. The van der Waals surface area contributed by atoms with E-state index >= 15 is 0 Å². The SMILES string of the molecule is COCCNc1ncc(C(=O)Nc2cccc(Cl)c2)cc1Cl. The number of amides is 1. The summed E-state index contributed by atoms with van der Waals surface area (Å²) in [4.78, 5) is 16.3. The second-order valence-corrected chi connectivity index (χ2v) is 5.28. The Hall–Kier alpha value is -1.82. The Morgan fingerprint density at radius 2 is 2.14 bits per heavy atom. The molecule has 0 radical (unpaired) electrons. The number of carbonyl (C=O) groups excluding carboxylic acids is 1. The molecule has 0 bridgehead atoms. The van der Waals surface area contributed by atoms with Crippen molar-refractivity contribution in [3.63, 3.8) is 0 Å². The van der Waals surface area contributed by atoms with Gasteiger partial charge < -0.3 is 15.4 Å². The molecule has 5 nitrogen and oxygen atoms in total. The van der Waals surface area contributed by atoms with Crippen LogP contribution in [0.25, 0.3) is 0 Å². The molecule has 0 saturated carbocycles. The van der Waals surface area contributed by atoms with Crippen molar-refractivity contribution < 1.29 is 9.53 Å². The zero-order valence-corrected chi connectivity index (χ0v) is 13.4. The van der Waals surface area contributed by atoms with Gasteiger partial charge in [-0.05, 0) is 24.3 Å². The molecule has 0 spiro atoms. The molecule has 2 N–H and O–H groups in total. The first kappa shape index (κ1) is 16.5. The minimum absolute atomic E-state index is 0.305. The van der Waals surface area contributed by atoms with Gasteiger partial charge in [0, 0.05) is 30.6 Å². The molecule has 0 aliphatic carbocycles. The molecule has 0 saturated heterocycles. The maximum absolute atomic E-state index is 12.2. The van der Waals surface area contributed by atoms with Crippen LogP contribution in [-0.4, -0.2) is 31.2 Å². The van der Waals surface area contributed by atoms with Gasteiger partial charge in [0.05, 0.1) is 17.2 Å². The summed E-state index contributed by atoms with van der Waals surface area (Å²) < 4.78 is 4.93. The van der Waals surface area contributed by atoms with Gasteiger partial charge in [-0.1, -0.05) is 29.3 Å². The lowest BCUT2D eigenvalue weighted by molar-refractivity contribution is 0.102. The molecule has 0 atom stereocenters. The van der Waals surface area contributed by atoms with Crippen molar-refractivity contribution in [2.45, 2.75) is 0 Å². The van der Waals surface area contributed by atoms with Crippen LogP contribution in [0.3, 0.4) is 0 Å². The van der Waals surface area contributed by atoms with Gasteiger partial charge in [0.15, 0.2) is 0 Å².